The second-order valence-corrected chi connectivity index (χ2v) is 4.28. The van der Waals surface area contributed by atoms with E-state index in [0.29, 0.717) is 18.7 Å². The van der Waals surface area contributed by atoms with Gasteiger partial charge in [-0.15, -0.1) is 0 Å². The molecular weight excluding hydrogens is 272 g/mol. The van der Waals surface area contributed by atoms with E-state index in [1.807, 2.05) is 6.92 Å². The number of Topliss-reactive ketones (excluding diaryl/α,β-unsaturated/α-hetero) is 1. The molecule has 0 saturated heterocycles. The van der Waals surface area contributed by atoms with Crippen molar-refractivity contribution in [1.82, 2.24) is 5.32 Å². The van der Waals surface area contributed by atoms with Crippen LogP contribution in [0.5, 0.6) is 0 Å². The molecule has 0 spiro atoms. The molecule has 0 radical (unpaired) electrons. The Morgan fingerprint density at radius 1 is 1.29 bits per heavy atom. The molecule has 0 aliphatic heterocycles. The summed E-state index contributed by atoms with van der Waals surface area (Å²) in [5.74, 6) is -2.58. The van der Waals surface area contributed by atoms with Gasteiger partial charge < -0.3 is 16.4 Å². The van der Waals surface area contributed by atoms with Crippen LogP contribution in [0.3, 0.4) is 0 Å². The van der Waals surface area contributed by atoms with E-state index in [0.717, 1.165) is 0 Å². The Kier molecular flexibility index (Phi) is 5.89. The first-order valence-corrected chi connectivity index (χ1v) is 6.37. The van der Waals surface area contributed by atoms with Crippen LogP contribution in [0.25, 0.3) is 0 Å². The Labute approximate surface area is 122 Å². The van der Waals surface area contributed by atoms with Crippen LogP contribution in [0.2, 0.25) is 0 Å². The monoisotopic (exact) mass is 288 g/mol. The molecule has 0 heterocycles. The normalized spacial score (nSPS) is 11.0. The maximum atomic E-state index is 12.1. The fourth-order valence-corrected chi connectivity index (χ4v) is 1.61. The highest BCUT2D eigenvalue weighted by Crippen LogP contribution is 2.13. The minimum Gasteiger partial charge on any atom is -0.355 e. The van der Waals surface area contributed by atoms with E-state index in [1.165, 1.54) is 24.3 Å². The molecule has 21 heavy (non-hydrogen) atoms. The largest absolute Gasteiger partial charge is 0.355 e. The molecule has 1 aromatic rings. The Morgan fingerprint density at radius 2 is 1.90 bits per heavy atom. The second-order valence-electron chi connectivity index (χ2n) is 4.28. The van der Waals surface area contributed by atoms with Crippen LogP contribution in [0, 0.1) is 17.2 Å². The standard InChI is InChI=1S/C14H16N4O3/c1-2-7-17-13(20)11(8-15)12(19)9-3-5-10(6-4-9)18-14(16)21/h3-6,11H,2,7H2,1H3,(H,17,20)(H3,16,18,21). The van der Waals surface area contributed by atoms with Gasteiger partial charge in [0.05, 0.1) is 6.07 Å². The first-order valence-electron chi connectivity index (χ1n) is 6.37. The molecule has 0 aliphatic rings. The molecule has 7 heteroatoms. The molecule has 4 N–H and O–H groups in total. The van der Waals surface area contributed by atoms with Gasteiger partial charge >= 0.3 is 6.03 Å². The maximum Gasteiger partial charge on any atom is 0.316 e. The first kappa shape index (κ1) is 16.2. The quantitative estimate of drug-likeness (QED) is 0.533. The van der Waals surface area contributed by atoms with Crippen LogP contribution in [0.1, 0.15) is 23.7 Å². The number of amides is 3. The molecule has 0 bridgehead atoms. The number of urea groups is 1. The summed E-state index contributed by atoms with van der Waals surface area (Å²) in [7, 11) is 0. The van der Waals surface area contributed by atoms with Gasteiger partial charge in [-0.1, -0.05) is 6.92 Å². The number of anilines is 1. The fraction of sp³-hybridized carbons (Fsp3) is 0.286. The van der Waals surface area contributed by atoms with Crippen molar-refractivity contribution >= 4 is 23.4 Å². The van der Waals surface area contributed by atoms with Gasteiger partial charge in [-0.3, -0.25) is 9.59 Å². The van der Waals surface area contributed by atoms with Crippen molar-refractivity contribution in [2.75, 3.05) is 11.9 Å². The van der Waals surface area contributed by atoms with E-state index < -0.39 is 23.6 Å². The molecule has 0 aromatic heterocycles. The van der Waals surface area contributed by atoms with Gasteiger partial charge in [-0.25, -0.2) is 4.79 Å². The van der Waals surface area contributed by atoms with Crippen molar-refractivity contribution in [1.29, 1.82) is 5.26 Å². The number of nitrogens with one attached hydrogen (secondary N) is 2. The zero-order valence-electron chi connectivity index (χ0n) is 11.6. The van der Waals surface area contributed by atoms with Crippen LogP contribution >= 0.6 is 0 Å². The van der Waals surface area contributed by atoms with Crippen molar-refractivity contribution in [2.24, 2.45) is 11.7 Å². The Morgan fingerprint density at radius 3 is 2.38 bits per heavy atom. The molecule has 0 saturated carbocycles. The SMILES string of the molecule is CCCNC(=O)C(C#N)C(=O)c1ccc(NC(N)=O)cc1. The number of primary amides is 1. The topological polar surface area (TPSA) is 125 Å². The van der Waals surface area contributed by atoms with E-state index in [-0.39, 0.29) is 5.56 Å². The summed E-state index contributed by atoms with van der Waals surface area (Å²) in [4.78, 5) is 34.5. The summed E-state index contributed by atoms with van der Waals surface area (Å²) < 4.78 is 0. The van der Waals surface area contributed by atoms with Gasteiger partial charge in [-0.2, -0.15) is 5.26 Å². The Bertz CT molecular complexity index is 575. The highest BCUT2D eigenvalue weighted by atomic mass is 16.2. The average molecular weight is 288 g/mol. The number of carbonyl (C=O) groups excluding carboxylic acids is 3. The predicted octanol–water partition coefficient (Wildman–Crippen LogP) is 1.03. The lowest BCUT2D eigenvalue weighted by molar-refractivity contribution is -0.122. The van der Waals surface area contributed by atoms with Crippen molar-refractivity contribution in [3.8, 4) is 6.07 Å². The van der Waals surface area contributed by atoms with E-state index in [4.69, 9.17) is 11.0 Å². The van der Waals surface area contributed by atoms with Crippen LogP contribution in [-0.2, 0) is 4.79 Å². The number of rotatable bonds is 6. The molecule has 0 aliphatic carbocycles. The zero-order chi connectivity index (χ0) is 15.8. The zero-order valence-corrected chi connectivity index (χ0v) is 11.6. The van der Waals surface area contributed by atoms with Gasteiger partial charge in [0.15, 0.2) is 11.7 Å². The van der Waals surface area contributed by atoms with Crippen molar-refractivity contribution in [3.05, 3.63) is 29.8 Å². The lowest BCUT2D eigenvalue weighted by Gasteiger charge is -2.09. The number of ketones is 1. The van der Waals surface area contributed by atoms with E-state index in [9.17, 15) is 14.4 Å². The molecular formula is C14H16N4O3. The lowest BCUT2D eigenvalue weighted by Crippen LogP contribution is -2.35. The summed E-state index contributed by atoms with van der Waals surface area (Å²) in [6.45, 7) is 2.28. The number of hydrogen-bond acceptors (Lipinski definition) is 4. The van der Waals surface area contributed by atoms with Crippen LogP contribution < -0.4 is 16.4 Å². The number of nitrogens with two attached hydrogens (primary N) is 1. The van der Waals surface area contributed by atoms with Crippen LogP contribution in [0.4, 0.5) is 10.5 Å². The highest BCUT2D eigenvalue weighted by molar-refractivity contribution is 6.12. The fourth-order valence-electron chi connectivity index (χ4n) is 1.61. The van der Waals surface area contributed by atoms with Crippen LogP contribution in [-0.4, -0.2) is 24.3 Å². The summed E-state index contributed by atoms with van der Waals surface area (Å²) in [6, 6.07) is 6.77. The molecule has 1 unspecified atom stereocenters. The van der Waals surface area contributed by atoms with Crippen molar-refractivity contribution in [2.45, 2.75) is 13.3 Å². The van der Waals surface area contributed by atoms with Gasteiger partial charge in [-0.05, 0) is 30.7 Å². The number of hydrogen-bond donors (Lipinski definition) is 3. The molecule has 1 rings (SSSR count). The van der Waals surface area contributed by atoms with Gasteiger partial charge in [0.2, 0.25) is 5.91 Å². The minimum atomic E-state index is -1.38. The molecule has 1 aromatic carbocycles. The van der Waals surface area contributed by atoms with E-state index in [1.54, 1.807) is 6.07 Å². The summed E-state index contributed by atoms with van der Waals surface area (Å²) in [5, 5.41) is 13.9. The summed E-state index contributed by atoms with van der Waals surface area (Å²) in [5.41, 5.74) is 5.60. The third-order valence-electron chi connectivity index (χ3n) is 2.64. The number of nitriles is 1. The third-order valence-corrected chi connectivity index (χ3v) is 2.64. The number of benzene rings is 1. The predicted molar refractivity (Wildman–Crippen MR) is 76.4 cm³/mol. The number of carbonyl (C=O) groups is 3. The smallest absolute Gasteiger partial charge is 0.316 e. The molecule has 3 amide bonds. The summed E-state index contributed by atoms with van der Waals surface area (Å²) in [6.07, 6.45) is 0.714. The molecule has 1 atom stereocenters. The molecule has 7 nitrogen and oxygen atoms in total. The Balaban J connectivity index is 2.83. The molecule has 0 fully saturated rings. The second kappa shape index (κ2) is 7.65. The van der Waals surface area contributed by atoms with Crippen molar-refractivity contribution < 1.29 is 14.4 Å². The van der Waals surface area contributed by atoms with Gasteiger partial charge in [0.25, 0.3) is 0 Å². The van der Waals surface area contributed by atoms with Gasteiger partial charge in [0, 0.05) is 17.8 Å². The molecule has 110 valence electrons. The lowest BCUT2D eigenvalue weighted by atomic mass is 9.98. The Hall–Kier alpha value is -2.88. The average Bonchev–Trinajstić information content (AvgIpc) is 2.45. The first-order chi connectivity index (χ1) is 9.99. The van der Waals surface area contributed by atoms with E-state index in [2.05, 4.69) is 10.6 Å². The summed E-state index contributed by atoms with van der Waals surface area (Å²) >= 11 is 0. The van der Waals surface area contributed by atoms with Crippen molar-refractivity contribution in [3.63, 3.8) is 0 Å². The van der Waals surface area contributed by atoms with E-state index >= 15 is 0 Å². The number of nitrogens with zero attached hydrogens (tertiary/aromatic N) is 1. The maximum absolute atomic E-state index is 12.1. The minimum absolute atomic E-state index is 0.211. The van der Waals surface area contributed by atoms with Crippen LogP contribution in [0.15, 0.2) is 24.3 Å². The van der Waals surface area contributed by atoms with Gasteiger partial charge in [0.1, 0.15) is 0 Å². The third kappa shape index (κ3) is 4.62. The highest BCUT2D eigenvalue weighted by Gasteiger charge is 2.27.